The zero-order chi connectivity index (χ0) is 18.2. The quantitative estimate of drug-likeness (QED) is 0.515. The van der Waals surface area contributed by atoms with Gasteiger partial charge in [-0.25, -0.2) is 0 Å². The van der Waals surface area contributed by atoms with Crippen molar-refractivity contribution in [2.75, 3.05) is 5.32 Å². The summed E-state index contributed by atoms with van der Waals surface area (Å²) in [5.41, 5.74) is 3.55. The zero-order valence-electron chi connectivity index (χ0n) is 14.1. The highest BCUT2D eigenvalue weighted by Gasteiger charge is 2.10. The van der Waals surface area contributed by atoms with Crippen LogP contribution in [0.4, 0.5) is 11.5 Å². The summed E-state index contributed by atoms with van der Waals surface area (Å²) in [4.78, 5) is 4.36. The molecule has 4 aromatic heterocycles. The summed E-state index contributed by atoms with van der Waals surface area (Å²) in [6.45, 7) is 0.546. The molecule has 0 saturated carbocycles. The van der Waals surface area contributed by atoms with Gasteiger partial charge in [0.1, 0.15) is 0 Å². The van der Waals surface area contributed by atoms with E-state index in [9.17, 15) is 0 Å². The highest BCUT2D eigenvalue weighted by atomic mass is 35.5. The Labute approximate surface area is 159 Å². The normalized spacial score (nSPS) is 11.3. The molecule has 7 nitrogen and oxygen atoms in total. The van der Waals surface area contributed by atoms with Gasteiger partial charge in [0.15, 0.2) is 17.3 Å². The van der Waals surface area contributed by atoms with Gasteiger partial charge in [0.05, 0.1) is 17.6 Å². The third kappa shape index (κ3) is 2.98. The SMILES string of the molecule is Clc1cccc(Nc2ccc3nnc(Cn4ccc5ncccc54)n3n2)c1. The molecule has 0 aliphatic heterocycles. The average Bonchev–Trinajstić information content (AvgIpc) is 3.27. The predicted molar refractivity (Wildman–Crippen MR) is 104 cm³/mol. The number of halogens is 1. The Morgan fingerprint density at radius 3 is 2.89 bits per heavy atom. The van der Waals surface area contributed by atoms with Crippen LogP contribution < -0.4 is 5.32 Å². The van der Waals surface area contributed by atoms with Gasteiger partial charge in [-0.2, -0.15) is 4.52 Å². The van der Waals surface area contributed by atoms with Gasteiger partial charge in [0.25, 0.3) is 0 Å². The Bertz CT molecular complexity index is 1260. The summed E-state index contributed by atoms with van der Waals surface area (Å²) >= 11 is 6.05. The molecule has 0 spiro atoms. The number of pyridine rings is 1. The van der Waals surface area contributed by atoms with Crippen LogP contribution >= 0.6 is 11.6 Å². The number of nitrogens with zero attached hydrogens (tertiary/aromatic N) is 6. The smallest absolute Gasteiger partial charge is 0.178 e. The number of anilines is 2. The molecule has 0 amide bonds. The average molecular weight is 376 g/mol. The topological polar surface area (TPSA) is 72.9 Å². The largest absolute Gasteiger partial charge is 0.339 e. The molecule has 0 radical (unpaired) electrons. The van der Waals surface area contributed by atoms with Crippen LogP contribution in [0, 0.1) is 0 Å². The number of hydrogen-bond acceptors (Lipinski definition) is 5. The number of aromatic nitrogens is 6. The van der Waals surface area contributed by atoms with Gasteiger partial charge in [-0.3, -0.25) is 4.98 Å². The first kappa shape index (κ1) is 15.8. The van der Waals surface area contributed by atoms with Crippen molar-refractivity contribution in [1.82, 2.24) is 29.4 Å². The van der Waals surface area contributed by atoms with E-state index >= 15 is 0 Å². The molecule has 0 fully saturated rings. The number of fused-ring (bicyclic) bond motifs is 2. The number of rotatable bonds is 4. The molecule has 1 aromatic carbocycles. The Morgan fingerprint density at radius 2 is 1.96 bits per heavy atom. The van der Waals surface area contributed by atoms with Gasteiger partial charge in [0, 0.05) is 23.1 Å². The van der Waals surface area contributed by atoms with Crippen molar-refractivity contribution in [1.29, 1.82) is 0 Å². The molecule has 5 aromatic rings. The first-order valence-electron chi connectivity index (χ1n) is 8.40. The molecule has 0 bridgehead atoms. The number of nitrogens with one attached hydrogen (secondary N) is 1. The zero-order valence-corrected chi connectivity index (χ0v) is 14.9. The third-order valence-corrected chi connectivity index (χ3v) is 4.51. The molecule has 5 rings (SSSR count). The van der Waals surface area contributed by atoms with Gasteiger partial charge in [-0.15, -0.1) is 15.3 Å². The van der Waals surface area contributed by atoms with Crippen LogP contribution in [0.3, 0.4) is 0 Å². The highest BCUT2D eigenvalue weighted by molar-refractivity contribution is 6.30. The van der Waals surface area contributed by atoms with Crippen molar-refractivity contribution in [2.45, 2.75) is 6.54 Å². The molecule has 0 unspecified atom stereocenters. The fourth-order valence-electron chi connectivity index (χ4n) is 3.02. The van der Waals surface area contributed by atoms with Gasteiger partial charge >= 0.3 is 0 Å². The number of benzene rings is 1. The second-order valence-corrected chi connectivity index (χ2v) is 6.53. The predicted octanol–water partition coefficient (Wildman–Crippen LogP) is 3.92. The van der Waals surface area contributed by atoms with Crippen molar-refractivity contribution in [3.8, 4) is 0 Å². The van der Waals surface area contributed by atoms with E-state index in [1.165, 1.54) is 0 Å². The van der Waals surface area contributed by atoms with E-state index < -0.39 is 0 Å². The van der Waals surface area contributed by atoms with Crippen LogP contribution in [0.25, 0.3) is 16.7 Å². The minimum absolute atomic E-state index is 0.546. The van der Waals surface area contributed by atoms with E-state index in [-0.39, 0.29) is 0 Å². The lowest BCUT2D eigenvalue weighted by molar-refractivity contribution is 0.728. The van der Waals surface area contributed by atoms with Crippen molar-refractivity contribution in [3.63, 3.8) is 0 Å². The van der Waals surface area contributed by atoms with Crippen molar-refractivity contribution < 1.29 is 0 Å². The number of hydrogen-bond donors (Lipinski definition) is 1. The Kier molecular flexibility index (Phi) is 3.72. The highest BCUT2D eigenvalue weighted by Crippen LogP contribution is 2.20. The van der Waals surface area contributed by atoms with Gasteiger partial charge in [-0.05, 0) is 48.5 Å². The molecule has 0 aliphatic carbocycles. The molecule has 8 heteroatoms. The minimum Gasteiger partial charge on any atom is -0.339 e. The minimum atomic E-state index is 0.546. The van der Waals surface area contributed by atoms with Crippen molar-refractivity contribution in [3.05, 3.63) is 77.8 Å². The lowest BCUT2D eigenvalue weighted by atomic mass is 10.3. The fourth-order valence-corrected chi connectivity index (χ4v) is 3.21. The van der Waals surface area contributed by atoms with Crippen LogP contribution in [0.1, 0.15) is 5.82 Å². The van der Waals surface area contributed by atoms with Crippen LogP contribution in [0.2, 0.25) is 5.02 Å². The maximum Gasteiger partial charge on any atom is 0.178 e. The molecule has 0 saturated heterocycles. The summed E-state index contributed by atoms with van der Waals surface area (Å²) in [7, 11) is 0. The maximum absolute atomic E-state index is 6.05. The van der Waals surface area contributed by atoms with Gasteiger partial charge in [-0.1, -0.05) is 17.7 Å². The lowest BCUT2D eigenvalue weighted by Crippen LogP contribution is -2.06. The van der Waals surface area contributed by atoms with E-state index in [0.29, 0.717) is 23.0 Å². The lowest BCUT2D eigenvalue weighted by Gasteiger charge is -2.07. The summed E-state index contributed by atoms with van der Waals surface area (Å²) in [6, 6.07) is 17.2. The monoisotopic (exact) mass is 375 g/mol. The van der Waals surface area contributed by atoms with Crippen LogP contribution in [-0.4, -0.2) is 29.4 Å². The first-order chi connectivity index (χ1) is 13.3. The van der Waals surface area contributed by atoms with Crippen molar-refractivity contribution >= 4 is 39.8 Å². The molecule has 132 valence electrons. The van der Waals surface area contributed by atoms with E-state index in [2.05, 4.69) is 30.2 Å². The molecular weight excluding hydrogens is 362 g/mol. The van der Waals surface area contributed by atoms with Crippen LogP contribution in [0.5, 0.6) is 0 Å². The molecule has 0 atom stereocenters. The van der Waals surface area contributed by atoms with E-state index in [1.807, 2.05) is 60.8 Å². The molecule has 1 N–H and O–H groups in total. The summed E-state index contributed by atoms with van der Waals surface area (Å²) in [5.74, 6) is 1.42. The van der Waals surface area contributed by atoms with Gasteiger partial charge in [0.2, 0.25) is 0 Å². The molecule has 27 heavy (non-hydrogen) atoms. The molecular formula is C19H14ClN7. The Hall–Kier alpha value is -3.45. The summed E-state index contributed by atoms with van der Waals surface area (Å²) in [6.07, 6.45) is 3.78. The first-order valence-corrected chi connectivity index (χ1v) is 8.78. The fraction of sp³-hybridized carbons (Fsp3) is 0.0526. The van der Waals surface area contributed by atoms with E-state index in [1.54, 1.807) is 10.7 Å². The Morgan fingerprint density at radius 1 is 1.00 bits per heavy atom. The third-order valence-electron chi connectivity index (χ3n) is 4.27. The van der Waals surface area contributed by atoms with Crippen molar-refractivity contribution in [2.24, 2.45) is 0 Å². The second-order valence-electron chi connectivity index (χ2n) is 6.09. The van der Waals surface area contributed by atoms with Crippen LogP contribution in [0.15, 0.2) is 67.0 Å². The van der Waals surface area contributed by atoms with E-state index in [0.717, 1.165) is 22.5 Å². The van der Waals surface area contributed by atoms with Crippen LogP contribution in [-0.2, 0) is 6.54 Å². The van der Waals surface area contributed by atoms with Gasteiger partial charge < -0.3 is 9.88 Å². The second kappa shape index (κ2) is 6.37. The molecule has 0 aliphatic rings. The molecule has 4 heterocycles. The summed E-state index contributed by atoms with van der Waals surface area (Å²) in [5, 5.41) is 17.1. The maximum atomic E-state index is 6.05. The summed E-state index contributed by atoms with van der Waals surface area (Å²) < 4.78 is 3.83. The standard InChI is InChI=1S/C19H14ClN7/c20-13-3-1-4-14(11-13)22-17-6-7-18-23-24-19(27(18)25-17)12-26-10-8-15-16(26)5-2-9-21-15/h1-11H,12H2,(H,22,25). The Balaban J connectivity index is 1.50. The van der Waals surface area contributed by atoms with E-state index in [4.69, 9.17) is 11.6 Å².